The Morgan fingerprint density at radius 1 is 1.06 bits per heavy atom. The molecular formula is C22H20F2N6O2. The lowest BCUT2D eigenvalue weighted by atomic mass is 10.1. The van der Waals surface area contributed by atoms with Gasteiger partial charge < -0.3 is 14.7 Å². The zero-order valence-electron chi connectivity index (χ0n) is 17.0. The van der Waals surface area contributed by atoms with Crippen LogP contribution in [0.1, 0.15) is 24.6 Å². The van der Waals surface area contributed by atoms with E-state index >= 15 is 0 Å². The van der Waals surface area contributed by atoms with Gasteiger partial charge in [0.2, 0.25) is 0 Å². The van der Waals surface area contributed by atoms with Crippen LogP contribution in [-0.4, -0.2) is 44.2 Å². The topological polar surface area (TPSA) is 89.1 Å². The number of carbonyl (C=O) groups excluding carboxylic acids is 1. The van der Waals surface area contributed by atoms with Gasteiger partial charge in [-0.2, -0.15) is 15.0 Å². The molecule has 2 aromatic carbocycles. The van der Waals surface area contributed by atoms with Crippen LogP contribution in [-0.2, 0) is 6.54 Å². The number of carbonyl (C=O) groups is 1. The molecule has 164 valence electrons. The van der Waals surface area contributed by atoms with Crippen molar-refractivity contribution in [2.75, 3.05) is 13.1 Å². The van der Waals surface area contributed by atoms with Crippen LogP contribution in [0.4, 0.5) is 13.6 Å². The number of aromatic nitrogens is 4. The summed E-state index contributed by atoms with van der Waals surface area (Å²) in [5.74, 6) is -1.23. The van der Waals surface area contributed by atoms with E-state index in [2.05, 4.69) is 20.7 Å². The quantitative estimate of drug-likeness (QED) is 0.522. The number of benzene rings is 2. The average molecular weight is 438 g/mol. The van der Waals surface area contributed by atoms with Crippen LogP contribution in [0.5, 0.6) is 0 Å². The molecule has 5 rings (SSSR count). The van der Waals surface area contributed by atoms with Crippen molar-refractivity contribution in [2.45, 2.75) is 25.4 Å². The minimum atomic E-state index is -0.737. The van der Waals surface area contributed by atoms with Crippen LogP contribution >= 0.6 is 0 Å². The number of nitrogens with zero attached hydrogens (tertiary/aromatic N) is 5. The highest BCUT2D eigenvalue weighted by molar-refractivity contribution is 5.74. The van der Waals surface area contributed by atoms with Crippen molar-refractivity contribution < 1.29 is 18.1 Å². The van der Waals surface area contributed by atoms with Crippen LogP contribution in [0.15, 0.2) is 53.1 Å². The third kappa shape index (κ3) is 4.03. The Morgan fingerprint density at radius 2 is 1.78 bits per heavy atom. The number of fused-ring (bicyclic) bond motifs is 1. The molecule has 2 amide bonds. The first-order chi connectivity index (χ1) is 15.6. The van der Waals surface area contributed by atoms with Gasteiger partial charge >= 0.3 is 6.03 Å². The Morgan fingerprint density at radius 3 is 2.47 bits per heavy atom. The highest BCUT2D eigenvalue weighted by Crippen LogP contribution is 2.25. The molecule has 0 aliphatic carbocycles. The van der Waals surface area contributed by atoms with Gasteiger partial charge in [-0.05, 0) is 37.1 Å². The van der Waals surface area contributed by atoms with E-state index < -0.39 is 11.6 Å². The van der Waals surface area contributed by atoms with Gasteiger partial charge in [0.05, 0.1) is 18.2 Å². The number of nitrogens with one attached hydrogen (secondary N) is 1. The fourth-order valence-electron chi connectivity index (χ4n) is 3.83. The highest BCUT2D eigenvalue weighted by Gasteiger charge is 2.25. The molecule has 1 N–H and O–H groups in total. The molecule has 32 heavy (non-hydrogen) atoms. The van der Waals surface area contributed by atoms with Gasteiger partial charge in [0.1, 0.15) is 28.4 Å². The lowest BCUT2D eigenvalue weighted by Crippen LogP contribution is -2.44. The first-order valence-electron chi connectivity index (χ1n) is 10.3. The fraction of sp³-hybridized carbons (Fsp3) is 0.273. The van der Waals surface area contributed by atoms with E-state index in [9.17, 15) is 13.6 Å². The molecule has 0 bridgehead atoms. The maximum Gasteiger partial charge on any atom is 0.317 e. The summed E-state index contributed by atoms with van der Waals surface area (Å²) in [6.07, 6.45) is 1.51. The Bertz CT molecular complexity index is 1230. The fourth-order valence-corrected chi connectivity index (χ4v) is 3.83. The van der Waals surface area contributed by atoms with Crippen molar-refractivity contribution >= 4 is 17.1 Å². The molecule has 0 saturated carbocycles. The number of hydrogen-bond donors (Lipinski definition) is 1. The molecule has 0 unspecified atom stereocenters. The minimum absolute atomic E-state index is 0.110. The lowest BCUT2D eigenvalue weighted by molar-refractivity contribution is 0.164. The van der Waals surface area contributed by atoms with Gasteiger partial charge in [0.25, 0.3) is 0 Å². The van der Waals surface area contributed by atoms with Crippen molar-refractivity contribution in [1.29, 1.82) is 0 Å². The molecule has 3 heterocycles. The van der Waals surface area contributed by atoms with E-state index in [1.54, 1.807) is 9.70 Å². The van der Waals surface area contributed by atoms with Crippen LogP contribution in [0, 0.1) is 11.6 Å². The van der Waals surface area contributed by atoms with Gasteiger partial charge in [0, 0.05) is 25.2 Å². The highest BCUT2D eigenvalue weighted by atomic mass is 19.1. The van der Waals surface area contributed by atoms with Crippen molar-refractivity contribution in [3.8, 4) is 11.3 Å². The summed E-state index contributed by atoms with van der Waals surface area (Å²) in [4.78, 5) is 16.0. The average Bonchev–Trinajstić information content (AvgIpc) is 3.45. The van der Waals surface area contributed by atoms with E-state index in [1.165, 1.54) is 12.1 Å². The van der Waals surface area contributed by atoms with E-state index in [0.717, 1.165) is 36.0 Å². The van der Waals surface area contributed by atoms with E-state index in [0.29, 0.717) is 18.8 Å². The molecule has 10 heteroatoms. The van der Waals surface area contributed by atoms with Crippen molar-refractivity contribution in [3.05, 3.63) is 65.9 Å². The summed E-state index contributed by atoms with van der Waals surface area (Å²) in [7, 11) is 0. The zero-order chi connectivity index (χ0) is 22.1. The van der Waals surface area contributed by atoms with Gasteiger partial charge in [-0.1, -0.05) is 17.3 Å². The first kappa shape index (κ1) is 20.1. The van der Waals surface area contributed by atoms with Crippen molar-refractivity contribution in [3.63, 3.8) is 0 Å². The summed E-state index contributed by atoms with van der Waals surface area (Å²) in [5.41, 5.74) is 2.28. The maximum atomic E-state index is 13.9. The molecule has 8 nitrogen and oxygen atoms in total. The largest absolute Gasteiger partial charge is 0.356 e. The third-order valence-corrected chi connectivity index (χ3v) is 5.56. The summed E-state index contributed by atoms with van der Waals surface area (Å²) < 4.78 is 32.1. The molecule has 2 aromatic heterocycles. The predicted molar refractivity (Wildman–Crippen MR) is 111 cm³/mol. The smallest absolute Gasteiger partial charge is 0.317 e. The second kappa shape index (κ2) is 8.37. The molecule has 1 aliphatic heterocycles. The number of likely N-dealkylation sites (tertiary alicyclic amines) is 1. The summed E-state index contributed by atoms with van der Waals surface area (Å²) in [5, 5.41) is 15.7. The van der Waals surface area contributed by atoms with E-state index in [1.807, 2.05) is 24.3 Å². The number of piperidine rings is 1. The maximum absolute atomic E-state index is 13.9. The Labute approximate surface area is 181 Å². The monoisotopic (exact) mass is 438 g/mol. The summed E-state index contributed by atoms with van der Waals surface area (Å²) in [6.45, 7) is 1.30. The van der Waals surface area contributed by atoms with Crippen LogP contribution < -0.4 is 5.32 Å². The molecular weight excluding hydrogens is 418 g/mol. The van der Waals surface area contributed by atoms with Crippen LogP contribution in [0.2, 0.25) is 0 Å². The number of halogens is 2. The minimum Gasteiger partial charge on any atom is -0.356 e. The number of urea groups is 1. The van der Waals surface area contributed by atoms with Crippen molar-refractivity contribution in [1.82, 2.24) is 30.4 Å². The normalized spacial score (nSPS) is 14.8. The standard InChI is InChI=1S/C22H20F2N6O2/c23-14-5-6-17(18(24)11-14)21-12-15(28-32-21)13-25-22(31)29-9-7-16(8-10-29)30-26-19-3-1-2-4-20(19)27-30/h1-6,11-12,16H,7-10,13H2,(H,25,31). The Kier molecular flexibility index (Phi) is 5.26. The summed E-state index contributed by atoms with van der Waals surface area (Å²) in [6, 6.07) is 12.4. The third-order valence-electron chi connectivity index (χ3n) is 5.56. The van der Waals surface area contributed by atoms with Gasteiger partial charge in [-0.3, -0.25) is 0 Å². The molecule has 0 radical (unpaired) electrons. The predicted octanol–water partition coefficient (Wildman–Crippen LogP) is 3.91. The molecule has 4 aromatic rings. The number of hydrogen-bond acceptors (Lipinski definition) is 5. The second-order valence-electron chi connectivity index (χ2n) is 7.69. The molecule has 1 fully saturated rings. The Balaban J connectivity index is 1.15. The molecule has 1 aliphatic rings. The van der Waals surface area contributed by atoms with Gasteiger partial charge in [-0.15, -0.1) is 0 Å². The molecule has 0 atom stereocenters. The number of amides is 2. The van der Waals surface area contributed by atoms with Crippen molar-refractivity contribution in [2.24, 2.45) is 0 Å². The SMILES string of the molecule is O=C(NCc1cc(-c2ccc(F)cc2F)on1)N1CCC(n2nc3ccccc3n2)CC1. The Hall–Kier alpha value is -3.82. The van der Waals surface area contributed by atoms with E-state index in [4.69, 9.17) is 4.52 Å². The molecule has 1 saturated heterocycles. The lowest BCUT2D eigenvalue weighted by Gasteiger charge is -2.31. The summed E-state index contributed by atoms with van der Waals surface area (Å²) >= 11 is 0. The van der Waals surface area contributed by atoms with E-state index in [-0.39, 0.29) is 29.9 Å². The zero-order valence-corrected chi connectivity index (χ0v) is 17.0. The van der Waals surface area contributed by atoms with Gasteiger partial charge in [-0.25, -0.2) is 13.6 Å². The van der Waals surface area contributed by atoms with Gasteiger partial charge in [0.15, 0.2) is 5.76 Å². The molecule has 0 spiro atoms. The first-order valence-corrected chi connectivity index (χ1v) is 10.3. The van der Waals surface area contributed by atoms with Crippen LogP contribution in [0.3, 0.4) is 0 Å². The second-order valence-corrected chi connectivity index (χ2v) is 7.69. The van der Waals surface area contributed by atoms with Crippen LogP contribution in [0.25, 0.3) is 22.4 Å². The number of rotatable bonds is 4.